The maximum atomic E-state index is 12.3. The number of aliphatic hydroxyl groups excluding tert-OH is 2. The Hall–Kier alpha value is -2.21. The summed E-state index contributed by atoms with van der Waals surface area (Å²) in [7, 11) is 0. The van der Waals surface area contributed by atoms with Crippen molar-refractivity contribution in [1.29, 1.82) is 0 Å². The maximum absolute atomic E-state index is 12.3. The van der Waals surface area contributed by atoms with Crippen molar-refractivity contribution in [3.63, 3.8) is 0 Å². The summed E-state index contributed by atoms with van der Waals surface area (Å²) in [4.78, 5) is 14.0. The Labute approximate surface area is 161 Å². The third-order valence-corrected chi connectivity index (χ3v) is 4.00. The number of hydrogen-bond donors (Lipinski definition) is 2. The zero-order chi connectivity index (χ0) is 19.9. The SMILES string of the molecule is CC(C)(C)OC(=O)CN(CC(O)c1ccccc1)CC(O)c1ccccc1. The minimum atomic E-state index is -0.767. The fraction of sp³-hybridized carbons (Fsp3) is 0.409. The van der Waals surface area contributed by atoms with Crippen LogP contribution in [-0.4, -0.2) is 46.3 Å². The average Bonchev–Trinajstić information content (AvgIpc) is 2.61. The highest BCUT2D eigenvalue weighted by Crippen LogP contribution is 2.18. The Balaban J connectivity index is 2.08. The van der Waals surface area contributed by atoms with Crippen LogP contribution in [-0.2, 0) is 9.53 Å². The van der Waals surface area contributed by atoms with Crippen molar-refractivity contribution in [2.24, 2.45) is 0 Å². The van der Waals surface area contributed by atoms with E-state index < -0.39 is 17.8 Å². The van der Waals surface area contributed by atoms with Gasteiger partial charge in [0.1, 0.15) is 5.60 Å². The highest BCUT2D eigenvalue weighted by Gasteiger charge is 2.23. The Morgan fingerprint density at radius 2 is 1.30 bits per heavy atom. The Bertz CT molecular complexity index is 650. The van der Waals surface area contributed by atoms with Crippen molar-refractivity contribution in [1.82, 2.24) is 4.90 Å². The van der Waals surface area contributed by atoms with Crippen molar-refractivity contribution in [2.75, 3.05) is 19.6 Å². The summed E-state index contributed by atoms with van der Waals surface area (Å²) in [5.41, 5.74) is 0.945. The van der Waals surface area contributed by atoms with Crippen LogP contribution < -0.4 is 0 Å². The lowest BCUT2D eigenvalue weighted by Crippen LogP contribution is -2.39. The molecule has 0 saturated heterocycles. The molecule has 0 heterocycles. The fourth-order valence-corrected chi connectivity index (χ4v) is 2.81. The van der Waals surface area contributed by atoms with Gasteiger partial charge >= 0.3 is 5.97 Å². The number of benzene rings is 2. The van der Waals surface area contributed by atoms with E-state index in [1.54, 1.807) is 4.90 Å². The quantitative estimate of drug-likeness (QED) is 0.698. The van der Waals surface area contributed by atoms with Gasteiger partial charge in [0.05, 0.1) is 18.8 Å². The smallest absolute Gasteiger partial charge is 0.320 e. The van der Waals surface area contributed by atoms with E-state index in [0.29, 0.717) is 0 Å². The maximum Gasteiger partial charge on any atom is 0.320 e. The molecule has 0 spiro atoms. The number of aliphatic hydroxyl groups is 2. The highest BCUT2D eigenvalue weighted by atomic mass is 16.6. The van der Waals surface area contributed by atoms with E-state index in [2.05, 4.69) is 0 Å². The summed E-state index contributed by atoms with van der Waals surface area (Å²) in [6.07, 6.45) is -1.53. The van der Waals surface area contributed by atoms with E-state index in [1.807, 2.05) is 81.4 Å². The molecule has 0 aliphatic rings. The predicted molar refractivity (Wildman–Crippen MR) is 105 cm³/mol. The number of nitrogens with zero attached hydrogens (tertiary/aromatic N) is 1. The molecule has 27 heavy (non-hydrogen) atoms. The number of esters is 1. The number of carbonyl (C=O) groups excluding carboxylic acids is 1. The zero-order valence-corrected chi connectivity index (χ0v) is 16.2. The highest BCUT2D eigenvalue weighted by molar-refractivity contribution is 5.72. The lowest BCUT2D eigenvalue weighted by molar-refractivity contribution is -0.156. The molecule has 0 fully saturated rings. The second kappa shape index (κ2) is 9.65. The Morgan fingerprint density at radius 1 is 0.889 bits per heavy atom. The molecule has 0 radical (unpaired) electrons. The van der Waals surface area contributed by atoms with Gasteiger partial charge in [-0.15, -0.1) is 0 Å². The van der Waals surface area contributed by atoms with Crippen LogP contribution in [0.2, 0.25) is 0 Å². The molecule has 0 saturated carbocycles. The van der Waals surface area contributed by atoms with Crippen LogP contribution in [0.4, 0.5) is 0 Å². The standard InChI is InChI=1S/C22H29NO4/c1-22(2,3)27-21(26)16-23(14-19(24)17-10-6-4-7-11-17)15-20(25)18-12-8-5-9-13-18/h4-13,19-20,24-25H,14-16H2,1-3H3. The molecule has 146 valence electrons. The first-order valence-electron chi connectivity index (χ1n) is 9.15. The summed E-state index contributed by atoms with van der Waals surface area (Å²) >= 11 is 0. The molecule has 0 aromatic heterocycles. The molecule has 2 aromatic rings. The first-order valence-corrected chi connectivity index (χ1v) is 9.15. The van der Waals surface area contributed by atoms with Gasteiger partial charge in [-0.25, -0.2) is 0 Å². The number of carbonyl (C=O) groups is 1. The van der Waals surface area contributed by atoms with Gasteiger partial charge in [0, 0.05) is 13.1 Å². The van der Waals surface area contributed by atoms with Crippen molar-refractivity contribution >= 4 is 5.97 Å². The van der Waals surface area contributed by atoms with E-state index >= 15 is 0 Å². The van der Waals surface area contributed by atoms with Gasteiger partial charge in [-0.05, 0) is 31.9 Å². The molecule has 0 aliphatic carbocycles. The van der Waals surface area contributed by atoms with E-state index in [4.69, 9.17) is 4.74 Å². The summed E-state index contributed by atoms with van der Waals surface area (Å²) in [5, 5.41) is 21.1. The Morgan fingerprint density at radius 3 is 1.67 bits per heavy atom. The number of rotatable bonds is 8. The van der Waals surface area contributed by atoms with Crippen LogP contribution in [0.1, 0.15) is 44.1 Å². The van der Waals surface area contributed by atoms with Crippen LogP contribution in [0.3, 0.4) is 0 Å². The van der Waals surface area contributed by atoms with Crippen molar-refractivity contribution in [2.45, 2.75) is 38.6 Å². The van der Waals surface area contributed by atoms with Crippen molar-refractivity contribution in [3.05, 3.63) is 71.8 Å². The molecular weight excluding hydrogens is 342 g/mol. The van der Waals surface area contributed by atoms with E-state index in [9.17, 15) is 15.0 Å². The summed E-state index contributed by atoms with van der Waals surface area (Å²) < 4.78 is 5.40. The van der Waals surface area contributed by atoms with Crippen LogP contribution in [0.5, 0.6) is 0 Å². The van der Waals surface area contributed by atoms with Crippen molar-refractivity contribution < 1.29 is 19.7 Å². The predicted octanol–water partition coefficient (Wildman–Crippen LogP) is 3.10. The molecule has 0 amide bonds. The first kappa shape index (κ1) is 21.1. The molecule has 2 atom stereocenters. The fourth-order valence-electron chi connectivity index (χ4n) is 2.81. The van der Waals surface area contributed by atoms with Crippen LogP contribution in [0.15, 0.2) is 60.7 Å². The van der Waals surface area contributed by atoms with Gasteiger partial charge in [0.2, 0.25) is 0 Å². The molecule has 2 unspecified atom stereocenters. The lowest BCUT2D eigenvalue weighted by Gasteiger charge is -2.28. The molecule has 2 aromatic carbocycles. The van der Waals surface area contributed by atoms with Crippen LogP contribution in [0, 0.1) is 0 Å². The van der Waals surface area contributed by atoms with Crippen LogP contribution >= 0.6 is 0 Å². The third kappa shape index (κ3) is 7.51. The summed E-state index contributed by atoms with van der Waals surface area (Å²) in [6, 6.07) is 18.5. The molecule has 0 aliphatic heterocycles. The summed E-state index contributed by atoms with van der Waals surface area (Å²) in [5.74, 6) is -0.386. The first-order chi connectivity index (χ1) is 12.7. The third-order valence-electron chi connectivity index (χ3n) is 4.00. The van der Waals surface area contributed by atoms with Gasteiger partial charge in [-0.2, -0.15) is 0 Å². The number of hydrogen-bond acceptors (Lipinski definition) is 5. The molecule has 5 heteroatoms. The molecule has 5 nitrogen and oxygen atoms in total. The minimum Gasteiger partial charge on any atom is -0.459 e. The molecule has 0 bridgehead atoms. The molecular formula is C22H29NO4. The van der Waals surface area contributed by atoms with Crippen LogP contribution in [0.25, 0.3) is 0 Å². The van der Waals surface area contributed by atoms with E-state index in [0.717, 1.165) is 11.1 Å². The number of ether oxygens (including phenoxy) is 1. The normalized spacial score (nSPS) is 14.0. The molecule has 2 N–H and O–H groups in total. The second-order valence-electron chi connectivity index (χ2n) is 7.63. The Kier molecular flexibility index (Phi) is 7.54. The summed E-state index contributed by atoms with van der Waals surface area (Å²) in [6.45, 7) is 5.86. The van der Waals surface area contributed by atoms with Crippen molar-refractivity contribution in [3.8, 4) is 0 Å². The lowest BCUT2D eigenvalue weighted by atomic mass is 10.1. The average molecular weight is 371 g/mol. The van der Waals surface area contributed by atoms with Gasteiger partial charge in [0.15, 0.2) is 0 Å². The second-order valence-corrected chi connectivity index (χ2v) is 7.63. The topological polar surface area (TPSA) is 70.0 Å². The molecule has 2 rings (SSSR count). The van der Waals surface area contributed by atoms with Gasteiger partial charge in [-0.3, -0.25) is 9.69 Å². The minimum absolute atomic E-state index is 0.00887. The van der Waals surface area contributed by atoms with Gasteiger partial charge in [-0.1, -0.05) is 60.7 Å². The van der Waals surface area contributed by atoms with Gasteiger partial charge in [0.25, 0.3) is 0 Å². The monoisotopic (exact) mass is 371 g/mol. The zero-order valence-electron chi connectivity index (χ0n) is 16.2. The van der Waals surface area contributed by atoms with E-state index in [-0.39, 0.29) is 25.6 Å². The van der Waals surface area contributed by atoms with Gasteiger partial charge < -0.3 is 14.9 Å². The van der Waals surface area contributed by atoms with E-state index in [1.165, 1.54) is 0 Å². The largest absolute Gasteiger partial charge is 0.459 e.